The largest absolute Gasteiger partial charge is 0.285 e. The molecule has 0 bridgehead atoms. The van der Waals surface area contributed by atoms with Gasteiger partial charge in [-0.2, -0.15) is 5.10 Å². The van der Waals surface area contributed by atoms with Gasteiger partial charge in [-0.3, -0.25) is 9.66 Å². The number of rotatable bonds is 1. The quantitative estimate of drug-likeness (QED) is 0.534. The second-order valence-corrected chi connectivity index (χ2v) is 1.75. The molecule has 0 radical (unpaired) electrons. The van der Waals surface area contributed by atoms with Crippen molar-refractivity contribution in [2.75, 3.05) is 0 Å². The zero-order valence-electron chi connectivity index (χ0n) is 3.46. The molecule has 0 aliphatic heterocycles. The van der Waals surface area contributed by atoms with Crippen molar-refractivity contribution in [1.29, 1.82) is 0 Å². The minimum atomic E-state index is 0.0212. The molecule has 0 aliphatic rings. The van der Waals surface area contributed by atoms with Crippen molar-refractivity contribution < 1.29 is 4.57 Å². The van der Waals surface area contributed by atoms with E-state index in [4.69, 9.17) is 0 Å². The number of hydrogen-bond acceptors (Lipinski definition) is 2. The summed E-state index contributed by atoms with van der Waals surface area (Å²) < 4.78 is 9.90. The Balaban J connectivity index is 2.96. The first kappa shape index (κ1) is 4.47. The van der Waals surface area contributed by atoms with E-state index in [1.807, 2.05) is 0 Å². The fourth-order valence-corrected chi connectivity index (χ4v) is 0.509. The van der Waals surface area contributed by atoms with Crippen molar-refractivity contribution in [2.24, 2.45) is 0 Å². The Labute approximate surface area is 41.9 Å². The minimum absolute atomic E-state index is 0.0212. The predicted molar refractivity (Wildman–Crippen MR) is 25.8 cm³/mol. The highest BCUT2D eigenvalue weighted by Gasteiger charge is 1.85. The summed E-state index contributed by atoms with van der Waals surface area (Å²) in [6, 6.07) is 0. The van der Waals surface area contributed by atoms with Gasteiger partial charge in [-0.05, 0) is 0 Å². The lowest BCUT2D eigenvalue weighted by Gasteiger charge is -1.61. The van der Waals surface area contributed by atoms with E-state index in [2.05, 4.69) is 10.2 Å². The SMILES string of the molecule is O=Pc1cn[nH]c1. The van der Waals surface area contributed by atoms with Crippen LogP contribution in [0, 0.1) is 0 Å². The molecule has 0 unspecified atom stereocenters. The number of nitrogens with one attached hydrogen (secondary N) is 1. The van der Waals surface area contributed by atoms with Crippen LogP contribution in [0.25, 0.3) is 0 Å². The lowest BCUT2D eigenvalue weighted by molar-refractivity contribution is 0.603. The normalized spacial score (nSPS) is 9.71. The summed E-state index contributed by atoms with van der Waals surface area (Å²) in [5.74, 6) is 0. The van der Waals surface area contributed by atoms with Crippen molar-refractivity contribution in [1.82, 2.24) is 10.2 Å². The molecule has 0 aliphatic carbocycles. The molecule has 0 aromatic carbocycles. The van der Waals surface area contributed by atoms with Gasteiger partial charge in [-0.15, -0.1) is 0 Å². The Hall–Kier alpha value is -0.690. The molecule has 0 spiro atoms. The molecule has 4 heteroatoms. The highest BCUT2D eigenvalue weighted by atomic mass is 31.1. The van der Waals surface area contributed by atoms with Gasteiger partial charge in [0.05, 0.1) is 11.5 Å². The molecule has 1 aromatic heterocycles. The Kier molecular flexibility index (Phi) is 1.18. The van der Waals surface area contributed by atoms with Crippen LogP contribution in [0.15, 0.2) is 12.4 Å². The second-order valence-electron chi connectivity index (χ2n) is 1.05. The standard InChI is InChI=1S/C3H3N2OP/c6-7-3-1-4-5-2-3/h1-2H,(H,4,5). The molecule has 1 aromatic rings. The first-order valence-corrected chi connectivity index (χ1v) is 2.57. The summed E-state index contributed by atoms with van der Waals surface area (Å²) in [6.45, 7) is 0. The number of aromatic nitrogens is 2. The fourth-order valence-electron chi connectivity index (χ4n) is 0.294. The van der Waals surface area contributed by atoms with Crippen LogP contribution in [0.5, 0.6) is 0 Å². The lowest BCUT2D eigenvalue weighted by Crippen LogP contribution is -1.78. The smallest absolute Gasteiger partial charge is 0.195 e. The van der Waals surface area contributed by atoms with Gasteiger partial charge in [0.1, 0.15) is 0 Å². The molecule has 1 N–H and O–H groups in total. The van der Waals surface area contributed by atoms with E-state index >= 15 is 0 Å². The summed E-state index contributed by atoms with van der Waals surface area (Å²) in [7, 11) is 0.0212. The zero-order valence-corrected chi connectivity index (χ0v) is 4.35. The molecular weight excluding hydrogens is 111 g/mol. The first-order valence-electron chi connectivity index (χ1n) is 1.75. The maximum absolute atomic E-state index is 9.90. The van der Waals surface area contributed by atoms with Crippen molar-refractivity contribution in [3.63, 3.8) is 0 Å². The van der Waals surface area contributed by atoms with Gasteiger partial charge in [0.15, 0.2) is 8.46 Å². The van der Waals surface area contributed by atoms with Gasteiger partial charge >= 0.3 is 0 Å². The Morgan fingerprint density at radius 1 is 1.86 bits per heavy atom. The maximum atomic E-state index is 9.90. The van der Waals surface area contributed by atoms with Crippen LogP contribution < -0.4 is 5.30 Å². The van der Waals surface area contributed by atoms with Crippen LogP contribution in [0.1, 0.15) is 0 Å². The van der Waals surface area contributed by atoms with Crippen LogP contribution in [-0.2, 0) is 4.57 Å². The highest BCUT2D eigenvalue weighted by Crippen LogP contribution is 1.87. The van der Waals surface area contributed by atoms with Crippen molar-refractivity contribution >= 4 is 13.8 Å². The minimum Gasteiger partial charge on any atom is -0.285 e. The molecule has 0 saturated heterocycles. The van der Waals surface area contributed by atoms with Crippen LogP contribution in [0.4, 0.5) is 0 Å². The van der Waals surface area contributed by atoms with Gasteiger partial charge in [0.25, 0.3) is 0 Å². The summed E-state index contributed by atoms with van der Waals surface area (Å²) in [4.78, 5) is 0. The number of aromatic amines is 1. The Morgan fingerprint density at radius 2 is 2.71 bits per heavy atom. The van der Waals surface area contributed by atoms with Crippen LogP contribution >= 0.6 is 8.46 Å². The van der Waals surface area contributed by atoms with Crippen molar-refractivity contribution in [3.05, 3.63) is 12.4 Å². The van der Waals surface area contributed by atoms with Crippen LogP contribution in [-0.4, -0.2) is 10.2 Å². The van der Waals surface area contributed by atoms with E-state index in [1.165, 1.54) is 6.20 Å². The Morgan fingerprint density at radius 3 is 3.00 bits per heavy atom. The van der Waals surface area contributed by atoms with E-state index in [9.17, 15) is 4.57 Å². The van der Waals surface area contributed by atoms with Gasteiger partial charge < -0.3 is 0 Å². The lowest BCUT2D eigenvalue weighted by atomic mass is 10.7. The van der Waals surface area contributed by atoms with Crippen molar-refractivity contribution in [2.45, 2.75) is 0 Å². The van der Waals surface area contributed by atoms with E-state index < -0.39 is 0 Å². The van der Waals surface area contributed by atoms with Crippen LogP contribution in [0.3, 0.4) is 0 Å². The van der Waals surface area contributed by atoms with Crippen molar-refractivity contribution in [3.8, 4) is 0 Å². The fraction of sp³-hybridized carbons (Fsp3) is 0. The molecule has 7 heavy (non-hydrogen) atoms. The molecule has 1 heterocycles. The topological polar surface area (TPSA) is 45.8 Å². The summed E-state index contributed by atoms with van der Waals surface area (Å²) in [5, 5.41) is 6.77. The van der Waals surface area contributed by atoms with Gasteiger partial charge in [0, 0.05) is 6.20 Å². The molecule has 0 saturated carbocycles. The third kappa shape index (κ3) is 0.842. The summed E-state index contributed by atoms with van der Waals surface area (Å²) in [5.41, 5.74) is 0. The maximum Gasteiger partial charge on any atom is 0.195 e. The summed E-state index contributed by atoms with van der Waals surface area (Å²) >= 11 is 0. The molecule has 0 atom stereocenters. The predicted octanol–water partition coefficient (Wildman–Crippen LogP) is 0.327. The molecular formula is C3H3N2OP. The third-order valence-corrected chi connectivity index (χ3v) is 1.04. The van der Waals surface area contributed by atoms with Gasteiger partial charge in [-0.1, -0.05) is 0 Å². The van der Waals surface area contributed by atoms with Crippen LogP contribution in [0.2, 0.25) is 0 Å². The average Bonchev–Trinajstić information content (AvgIpc) is 2.14. The van der Waals surface area contributed by atoms with E-state index in [-0.39, 0.29) is 8.46 Å². The van der Waals surface area contributed by atoms with E-state index in [1.54, 1.807) is 6.20 Å². The number of nitrogens with zero attached hydrogens (tertiary/aromatic N) is 1. The van der Waals surface area contributed by atoms with E-state index in [0.29, 0.717) is 5.30 Å². The monoisotopic (exact) mass is 114 g/mol. The molecule has 0 fully saturated rings. The molecule has 36 valence electrons. The van der Waals surface area contributed by atoms with Gasteiger partial charge in [-0.25, -0.2) is 0 Å². The summed E-state index contributed by atoms with van der Waals surface area (Å²) in [6.07, 6.45) is 3.09. The second kappa shape index (κ2) is 1.85. The van der Waals surface area contributed by atoms with Gasteiger partial charge in [0.2, 0.25) is 0 Å². The average molecular weight is 114 g/mol. The Bertz CT molecular complexity index is 148. The first-order chi connectivity index (χ1) is 3.43. The molecule has 1 rings (SSSR count). The third-order valence-electron chi connectivity index (χ3n) is 0.589. The molecule has 3 nitrogen and oxygen atoms in total. The van der Waals surface area contributed by atoms with E-state index in [0.717, 1.165) is 0 Å². The number of H-pyrrole nitrogens is 1. The zero-order chi connectivity index (χ0) is 5.11. The highest BCUT2D eigenvalue weighted by molar-refractivity contribution is 7.34. The molecule has 0 amide bonds. The number of hydrogen-bond donors (Lipinski definition) is 1.